The average molecular weight is 337 g/mol. The lowest BCUT2D eigenvalue weighted by atomic mass is 10.1. The van der Waals surface area contributed by atoms with Gasteiger partial charge in [-0.2, -0.15) is 10.2 Å². The van der Waals surface area contributed by atoms with E-state index in [2.05, 4.69) is 25.6 Å². The molecular weight excluding hydrogens is 324 g/mol. The van der Waals surface area contributed by atoms with Crippen molar-refractivity contribution < 1.29 is 0 Å². The molecule has 0 fully saturated rings. The van der Waals surface area contributed by atoms with E-state index < -0.39 is 0 Å². The number of halogens is 1. The number of hydrogen-bond acceptors (Lipinski definition) is 4. The summed E-state index contributed by atoms with van der Waals surface area (Å²) in [5, 5.41) is 15.7. The fourth-order valence-electron chi connectivity index (χ4n) is 2.45. The molecule has 0 saturated heterocycles. The van der Waals surface area contributed by atoms with Gasteiger partial charge >= 0.3 is 0 Å². The topological polar surface area (TPSA) is 71.4 Å². The standard InChI is InChI=1S/C17H13ClN6/c18-13-8-6-12(7-9-13)15-16(24-11-19-10-20-24)17(23-22-15)21-14-4-2-1-3-5-14/h1-11H,(H2,21,22,23). The van der Waals surface area contributed by atoms with Crippen molar-refractivity contribution in [1.82, 2.24) is 25.0 Å². The van der Waals surface area contributed by atoms with Crippen LogP contribution in [0, 0.1) is 0 Å². The zero-order valence-electron chi connectivity index (χ0n) is 12.5. The van der Waals surface area contributed by atoms with Gasteiger partial charge in [-0.15, -0.1) is 0 Å². The summed E-state index contributed by atoms with van der Waals surface area (Å²) >= 11 is 5.99. The van der Waals surface area contributed by atoms with Gasteiger partial charge in [0.1, 0.15) is 18.3 Å². The van der Waals surface area contributed by atoms with E-state index >= 15 is 0 Å². The van der Waals surface area contributed by atoms with E-state index in [9.17, 15) is 0 Å². The highest BCUT2D eigenvalue weighted by molar-refractivity contribution is 6.30. The van der Waals surface area contributed by atoms with Gasteiger partial charge in [0.2, 0.25) is 0 Å². The number of hydrogen-bond donors (Lipinski definition) is 2. The minimum Gasteiger partial charge on any atom is -0.337 e. The molecular formula is C17H13ClN6. The summed E-state index contributed by atoms with van der Waals surface area (Å²) in [5.74, 6) is 0.664. The van der Waals surface area contributed by atoms with Crippen molar-refractivity contribution in [2.75, 3.05) is 5.32 Å². The smallest absolute Gasteiger partial charge is 0.178 e. The Kier molecular flexibility index (Phi) is 3.72. The van der Waals surface area contributed by atoms with Gasteiger partial charge in [-0.25, -0.2) is 9.67 Å². The Morgan fingerprint density at radius 1 is 1.00 bits per heavy atom. The number of H-pyrrole nitrogens is 1. The van der Waals surface area contributed by atoms with Crippen LogP contribution in [0.5, 0.6) is 0 Å². The van der Waals surface area contributed by atoms with Gasteiger partial charge in [0.05, 0.1) is 5.69 Å². The van der Waals surface area contributed by atoms with Crippen molar-refractivity contribution in [1.29, 1.82) is 0 Å². The summed E-state index contributed by atoms with van der Waals surface area (Å²) < 4.78 is 1.68. The third-order valence-electron chi connectivity index (χ3n) is 3.56. The Hall–Kier alpha value is -3.12. The predicted octanol–water partition coefficient (Wildman–Crippen LogP) is 4.05. The summed E-state index contributed by atoms with van der Waals surface area (Å²) in [6, 6.07) is 17.4. The fourth-order valence-corrected chi connectivity index (χ4v) is 2.57. The molecule has 2 heterocycles. The van der Waals surface area contributed by atoms with Gasteiger partial charge in [0.15, 0.2) is 5.82 Å². The van der Waals surface area contributed by atoms with Gasteiger partial charge in [0, 0.05) is 16.3 Å². The molecule has 0 atom stereocenters. The SMILES string of the molecule is Clc1ccc(-c2[nH]nc(Nc3ccccc3)c2-n2cncn2)cc1. The summed E-state index contributed by atoms with van der Waals surface area (Å²) in [7, 11) is 0. The minimum absolute atomic E-state index is 0.664. The van der Waals surface area contributed by atoms with Crippen molar-refractivity contribution in [2.24, 2.45) is 0 Å². The number of anilines is 2. The highest BCUT2D eigenvalue weighted by Gasteiger charge is 2.17. The van der Waals surface area contributed by atoms with Crippen LogP contribution in [0.25, 0.3) is 16.9 Å². The van der Waals surface area contributed by atoms with Crippen LogP contribution in [0.4, 0.5) is 11.5 Å². The number of nitrogens with zero attached hydrogens (tertiary/aromatic N) is 4. The zero-order valence-corrected chi connectivity index (χ0v) is 13.3. The Labute approximate surface area is 143 Å². The minimum atomic E-state index is 0.664. The zero-order chi connectivity index (χ0) is 16.4. The Balaban J connectivity index is 1.82. The molecule has 0 unspecified atom stereocenters. The van der Waals surface area contributed by atoms with Crippen LogP contribution < -0.4 is 5.32 Å². The molecule has 2 aromatic carbocycles. The molecule has 4 rings (SSSR count). The summed E-state index contributed by atoms with van der Waals surface area (Å²) in [4.78, 5) is 4.04. The molecule has 0 aliphatic heterocycles. The number of rotatable bonds is 4. The second-order valence-corrected chi connectivity index (χ2v) is 5.57. The molecule has 0 spiro atoms. The van der Waals surface area contributed by atoms with E-state index in [1.54, 1.807) is 11.0 Å². The molecule has 24 heavy (non-hydrogen) atoms. The highest BCUT2D eigenvalue weighted by Crippen LogP contribution is 2.32. The van der Waals surface area contributed by atoms with Crippen LogP contribution in [0.15, 0.2) is 67.3 Å². The fraction of sp³-hybridized carbons (Fsp3) is 0. The van der Waals surface area contributed by atoms with Gasteiger partial charge < -0.3 is 5.32 Å². The van der Waals surface area contributed by atoms with E-state index in [4.69, 9.17) is 11.6 Å². The van der Waals surface area contributed by atoms with Crippen molar-refractivity contribution in [3.8, 4) is 16.9 Å². The quantitative estimate of drug-likeness (QED) is 0.589. The molecule has 4 aromatic rings. The Morgan fingerprint density at radius 3 is 2.50 bits per heavy atom. The molecule has 0 radical (unpaired) electrons. The maximum atomic E-state index is 5.99. The van der Waals surface area contributed by atoms with Crippen molar-refractivity contribution >= 4 is 23.1 Å². The average Bonchev–Trinajstić information content (AvgIpc) is 3.26. The van der Waals surface area contributed by atoms with Crippen molar-refractivity contribution in [2.45, 2.75) is 0 Å². The molecule has 6 nitrogen and oxygen atoms in total. The first-order valence-corrected chi connectivity index (χ1v) is 7.70. The van der Waals surface area contributed by atoms with Gasteiger partial charge in [-0.1, -0.05) is 41.9 Å². The Morgan fingerprint density at radius 2 is 1.79 bits per heavy atom. The van der Waals surface area contributed by atoms with Crippen LogP contribution >= 0.6 is 11.6 Å². The lowest BCUT2D eigenvalue weighted by Crippen LogP contribution is -2.00. The molecule has 0 amide bonds. The monoisotopic (exact) mass is 336 g/mol. The highest BCUT2D eigenvalue weighted by atomic mass is 35.5. The van der Waals surface area contributed by atoms with Crippen LogP contribution in [-0.4, -0.2) is 25.0 Å². The first-order chi connectivity index (χ1) is 11.8. The summed E-state index contributed by atoms with van der Waals surface area (Å²) in [5.41, 5.74) is 3.51. The van der Waals surface area contributed by atoms with Crippen LogP contribution in [0.2, 0.25) is 5.02 Å². The first kappa shape index (κ1) is 14.5. The maximum absolute atomic E-state index is 5.99. The van der Waals surface area contributed by atoms with E-state index in [0.29, 0.717) is 10.8 Å². The largest absolute Gasteiger partial charge is 0.337 e. The van der Waals surface area contributed by atoms with Crippen LogP contribution in [0.3, 0.4) is 0 Å². The summed E-state index contributed by atoms with van der Waals surface area (Å²) in [6.07, 6.45) is 3.13. The lowest BCUT2D eigenvalue weighted by Gasteiger charge is -2.08. The number of aromatic amines is 1. The number of benzene rings is 2. The van der Waals surface area contributed by atoms with Gasteiger partial charge in [-0.05, 0) is 24.3 Å². The van der Waals surface area contributed by atoms with Crippen LogP contribution in [0.1, 0.15) is 0 Å². The van der Waals surface area contributed by atoms with E-state index in [0.717, 1.165) is 22.6 Å². The number of nitrogens with one attached hydrogen (secondary N) is 2. The maximum Gasteiger partial charge on any atom is 0.178 e. The second kappa shape index (κ2) is 6.17. The third kappa shape index (κ3) is 2.75. The van der Waals surface area contributed by atoms with E-state index in [-0.39, 0.29) is 0 Å². The molecule has 0 bridgehead atoms. The molecule has 2 N–H and O–H groups in total. The third-order valence-corrected chi connectivity index (χ3v) is 3.81. The molecule has 2 aromatic heterocycles. The molecule has 7 heteroatoms. The first-order valence-electron chi connectivity index (χ1n) is 7.32. The number of para-hydroxylation sites is 1. The van der Waals surface area contributed by atoms with Gasteiger partial charge in [-0.3, -0.25) is 5.10 Å². The lowest BCUT2D eigenvalue weighted by molar-refractivity contribution is 0.883. The van der Waals surface area contributed by atoms with E-state index in [1.807, 2.05) is 54.6 Å². The second-order valence-electron chi connectivity index (χ2n) is 5.13. The molecule has 0 saturated carbocycles. The Bertz CT molecular complexity index is 929. The summed E-state index contributed by atoms with van der Waals surface area (Å²) in [6.45, 7) is 0. The normalized spacial score (nSPS) is 10.7. The van der Waals surface area contributed by atoms with Crippen molar-refractivity contribution in [3.05, 3.63) is 72.3 Å². The number of aromatic nitrogens is 5. The molecule has 118 valence electrons. The van der Waals surface area contributed by atoms with Crippen LogP contribution in [-0.2, 0) is 0 Å². The molecule has 0 aliphatic carbocycles. The predicted molar refractivity (Wildman–Crippen MR) is 93.7 cm³/mol. The molecule has 0 aliphatic rings. The van der Waals surface area contributed by atoms with Crippen molar-refractivity contribution in [3.63, 3.8) is 0 Å². The van der Waals surface area contributed by atoms with Gasteiger partial charge in [0.25, 0.3) is 0 Å². The van der Waals surface area contributed by atoms with E-state index in [1.165, 1.54) is 6.33 Å².